The lowest BCUT2D eigenvalue weighted by atomic mass is 10.1. The van der Waals surface area contributed by atoms with Crippen LogP contribution in [0, 0.1) is 0 Å². The van der Waals surface area contributed by atoms with Crippen molar-refractivity contribution in [3.8, 4) is 0 Å². The Bertz CT molecular complexity index is 252. The van der Waals surface area contributed by atoms with E-state index in [1.54, 1.807) is 6.92 Å². The number of carboxylic acid groups (broad SMARTS) is 1. The number of ether oxygens (including phenoxy) is 2. The molecule has 0 aromatic carbocycles. The molecule has 2 atom stereocenters. The Balaban J connectivity index is 4.13. The Hall–Kier alpha value is -1.10. The van der Waals surface area contributed by atoms with Crippen LogP contribution in [0.2, 0.25) is 0 Å². The van der Waals surface area contributed by atoms with Gasteiger partial charge in [0, 0.05) is 13.0 Å². The van der Waals surface area contributed by atoms with Crippen LogP contribution in [0.3, 0.4) is 0 Å². The smallest absolute Gasteiger partial charge is 0.335 e. The van der Waals surface area contributed by atoms with E-state index in [0.717, 1.165) is 12.8 Å². The van der Waals surface area contributed by atoms with E-state index in [1.807, 2.05) is 13.8 Å². The summed E-state index contributed by atoms with van der Waals surface area (Å²) < 4.78 is 10.5. The van der Waals surface area contributed by atoms with Crippen LogP contribution in [0.5, 0.6) is 0 Å². The van der Waals surface area contributed by atoms with Gasteiger partial charge in [-0.1, -0.05) is 13.3 Å². The van der Waals surface area contributed by atoms with Gasteiger partial charge >= 0.3 is 11.9 Å². The maximum absolute atomic E-state index is 11.8. The minimum atomic E-state index is -0.863. The largest absolute Gasteiger partial charge is 0.481 e. The average molecular weight is 260 g/mol. The third kappa shape index (κ3) is 8.06. The SMILES string of the molecule is CCCC(C)OC(=O)C(CCCC(=O)O)OCC. The van der Waals surface area contributed by atoms with Crippen LogP contribution in [0.15, 0.2) is 0 Å². The topological polar surface area (TPSA) is 72.8 Å². The number of hydrogen-bond donors (Lipinski definition) is 1. The summed E-state index contributed by atoms with van der Waals surface area (Å²) in [7, 11) is 0. The number of aliphatic carboxylic acids is 1. The minimum absolute atomic E-state index is 0.0430. The minimum Gasteiger partial charge on any atom is -0.481 e. The number of rotatable bonds is 10. The molecule has 2 unspecified atom stereocenters. The van der Waals surface area contributed by atoms with E-state index in [2.05, 4.69) is 0 Å². The highest BCUT2D eigenvalue weighted by Gasteiger charge is 2.22. The van der Waals surface area contributed by atoms with Crippen molar-refractivity contribution in [3.05, 3.63) is 0 Å². The normalized spacial score (nSPS) is 13.9. The quantitative estimate of drug-likeness (QED) is 0.610. The molecule has 0 rings (SSSR count). The van der Waals surface area contributed by atoms with Gasteiger partial charge in [-0.15, -0.1) is 0 Å². The van der Waals surface area contributed by atoms with Gasteiger partial charge in [0.05, 0.1) is 6.10 Å². The maximum atomic E-state index is 11.8. The van der Waals surface area contributed by atoms with Gasteiger partial charge < -0.3 is 14.6 Å². The lowest BCUT2D eigenvalue weighted by Gasteiger charge is -2.19. The van der Waals surface area contributed by atoms with Crippen LogP contribution in [-0.4, -0.2) is 35.9 Å². The molecule has 0 amide bonds. The molecule has 0 aromatic rings. The first-order valence-electron chi connectivity index (χ1n) is 6.55. The molecule has 0 saturated carbocycles. The Morgan fingerprint density at radius 3 is 2.39 bits per heavy atom. The zero-order valence-corrected chi connectivity index (χ0v) is 11.5. The lowest BCUT2D eigenvalue weighted by molar-refractivity contribution is -0.162. The molecule has 5 heteroatoms. The highest BCUT2D eigenvalue weighted by atomic mass is 16.6. The Kier molecular flexibility index (Phi) is 9.28. The third-order valence-electron chi connectivity index (χ3n) is 2.50. The van der Waals surface area contributed by atoms with Crippen molar-refractivity contribution in [2.24, 2.45) is 0 Å². The van der Waals surface area contributed by atoms with E-state index in [4.69, 9.17) is 14.6 Å². The predicted molar refractivity (Wildman–Crippen MR) is 67.4 cm³/mol. The molecule has 0 saturated heterocycles. The van der Waals surface area contributed by atoms with Gasteiger partial charge in [-0.3, -0.25) is 4.79 Å². The highest BCUT2D eigenvalue weighted by Crippen LogP contribution is 2.10. The van der Waals surface area contributed by atoms with E-state index >= 15 is 0 Å². The first-order valence-corrected chi connectivity index (χ1v) is 6.55. The van der Waals surface area contributed by atoms with Crippen molar-refractivity contribution in [2.45, 2.75) is 65.1 Å². The van der Waals surface area contributed by atoms with E-state index in [-0.39, 0.29) is 18.5 Å². The van der Waals surface area contributed by atoms with Crippen molar-refractivity contribution in [1.29, 1.82) is 0 Å². The summed E-state index contributed by atoms with van der Waals surface area (Å²) in [5, 5.41) is 8.55. The summed E-state index contributed by atoms with van der Waals surface area (Å²) >= 11 is 0. The van der Waals surface area contributed by atoms with E-state index in [1.165, 1.54) is 0 Å². The van der Waals surface area contributed by atoms with Gasteiger partial charge in [-0.25, -0.2) is 4.79 Å². The molecule has 0 aliphatic rings. The molecule has 0 aromatic heterocycles. The number of carbonyl (C=O) groups excluding carboxylic acids is 1. The summed E-state index contributed by atoms with van der Waals surface area (Å²) in [5.41, 5.74) is 0. The molecule has 0 fully saturated rings. The fraction of sp³-hybridized carbons (Fsp3) is 0.846. The van der Waals surface area contributed by atoms with Gasteiger partial charge in [0.15, 0.2) is 6.10 Å². The van der Waals surface area contributed by atoms with Crippen molar-refractivity contribution < 1.29 is 24.2 Å². The van der Waals surface area contributed by atoms with E-state index in [9.17, 15) is 9.59 Å². The molecule has 1 N–H and O–H groups in total. The van der Waals surface area contributed by atoms with Crippen molar-refractivity contribution in [2.75, 3.05) is 6.61 Å². The molecular formula is C13H24O5. The van der Waals surface area contributed by atoms with Crippen molar-refractivity contribution in [3.63, 3.8) is 0 Å². The zero-order valence-electron chi connectivity index (χ0n) is 11.5. The molecule has 18 heavy (non-hydrogen) atoms. The van der Waals surface area contributed by atoms with Crippen LogP contribution < -0.4 is 0 Å². The second-order valence-corrected chi connectivity index (χ2v) is 4.27. The molecule has 0 radical (unpaired) electrons. The second kappa shape index (κ2) is 9.88. The highest BCUT2D eigenvalue weighted by molar-refractivity contribution is 5.75. The van der Waals surface area contributed by atoms with Gasteiger partial charge in [0.1, 0.15) is 0 Å². The predicted octanol–water partition coefficient (Wildman–Crippen LogP) is 2.38. The average Bonchev–Trinajstić information content (AvgIpc) is 2.27. The van der Waals surface area contributed by atoms with Crippen molar-refractivity contribution >= 4 is 11.9 Å². The van der Waals surface area contributed by atoms with E-state index < -0.39 is 12.1 Å². The van der Waals surface area contributed by atoms with Crippen LogP contribution in [0.25, 0.3) is 0 Å². The summed E-state index contributed by atoms with van der Waals surface area (Å²) in [5.74, 6) is -1.25. The van der Waals surface area contributed by atoms with Crippen molar-refractivity contribution in [1.82, 2.24) is 0 Å². The molecule has 5 nitrogen and oxygen atoms in total. The standard InChI is InChI=1S/C13H24O5/c1-4-7-10(3)18-13(16)11(17-5-2)8-6-9-12(14)15/h10-11H,4-9H2,1-3H3,(H,14,15). The Morgan fingerprint density at radius 2 is 1.89 bits per heavy atom. The first kappa shape index (κ1) is 16.9. The molecule has 0 heterocycles. The molecule has 0 aliphatic carbocycles. The summed E-state index contributed by atoms with van der Waals surface area (Å²) in [6, 6.07) is 0. The number of carboxylic acids is 1. The van der Waals surface area contributed by atoms with Gasteiger partial charge in [0.25, 0.3) is 0 Å². The second-order valence-electron chi connectivity index (χ2n) is 4.27. The molecule has 0 bridgehead atoms. The Labute approximate surface area is 108 Å². The van der Waals surface area contributed by atoms with Crippen LogP contribution in [0.1, 0.15) is 52.9 Å². The van der Waals surface area contributed by atoms with Gasteiger partial charge in [-0.05, 0) is 33.1 Å². The molecule has 0 aliphatic heterocycles. The summed E-state index contributed by atoms with van der Waals surface area (Å²) in [6.07, 6.45) is 1.85. The van der Waals surface area contributed by atoms with Crippen LogP contribution in [-0.2, 0) is 19.1 Å². The monoisotopic (exact) mass is 260 g/mol. The fourth-order valence-electron chi connectivity index (χ4n) is 1.65. The fourth-order valence-corrected chi connectivity index (χ4v) is 1.65. The molecule has 106 valence electrons. The molecule has 0 spiro atoms. The van der Waals surface area contributed by atoms with E-state index in [0.29, 0.717) is 19.4 Å². The maximum Gasteiger partial charge on any atom is 0.335 e. The molecular weight excluding hydrogens is 236 g/mol. The number of carbonyl (C=O) groups is 2. The van der Waals surface area contributed by atoms with Crippen LogP contribution >= 0.6 is 0 Å². The lowest BCUT2D eigenvalue weighted by Crippen LogP contribution is -2.29. The first-order chi connectivity index (χ1) is 8.51. The van der Waals surface area contributed by atoms with Gasteiger partial charge in [-0.2, -0.15) is 0 Å². The summed E-state index contributed by atoms with van der Waals surface area (Å²) in [4.78, 5) is 22.2. The summed E-state index contributed by atoms with van der Waals surface area (Å²) in [6.45, 7) is 6.08. The number of esters is 1. The Morgan fingerprint density at radius 1 is 1.22 bits per heavy atom. The van der Waals surface area contributed by atoms with Crippen LogP contribution in [0.4, 0.5) is 0 Å². The van der Waals surface area contributed by atoms with Gasteiger partial charge in [0.2, 0.25) is 0 Å². The third-order valence-corrected chi connectivity index (χ3v) is 2.50. The zero-order chi connectivity index (χ0) is 14.0. The number of hydrogen-bond acceptors (Lipinski definition) is 4.